The van der Waals surface area contributed by atoms with Crippen LogP contribution in [0.5, 0.6) is 0 Å². The summed E-state index contributed by atoms with van der Waals surface area (Å²) in [5.74, 6) is 0.545. The van der Waals surface area contributed by atoms with Gasteiger partial charge in [0.25, 0.3) is 0 Å². The van der Waals surface area contributed by atoms with Crippen molar-refractivity contribution in [1.82, 2.24) is 10.3 Å². The lowest BCUT2D eigenvalue weighted by Gasteiger charge is -2.20. The number of rotatable bonds is 5. The van der Waals surface area contributed by atoms with E-state index in [1.165, 1.54) is 6.42 Å². The normalized spacial score (nSPS) is 22.9. The van der Waals surface area contributed by atoms with Crippen molar-refractivity contribution in [2.45, 2.75) is 31.7 Å². The van der Waals surface area contributed by atoms with Crippen molar-refractivity contribution in [3.8, 4) is 0 Å². The van der Waals surface area contributed by atoms with Gasteiger partial charge in [-0.05, 0) is 24.5 Å². The Bertz CT molecular complexity index is 381. The Morgan fingerprint density at radius 3 is 3.17 bits per heavy atom. The van der Waals surface area contributed by atoms with Crippen LogP contribution >= 0.6 is 0 Å². The summed E-state index contributed by atoms with van der Waals surface area (Å²) in [5.41, 5.74) is 0.955. The van der Waals surface area contributed by atoms with Crippen LogP contribution in [0, 0.1) is 5.92 Å². The van der Waals surface area contributed by atoms with E-state index in [0.29, 0.717) is 12.3 Å². The van der Waals surface area contributed by atoms with E-state index in [0.717, 1.165) is 25.0 Å². The van der Waals surface area contributed by atoms with Crippen LogP contribution in [0.25, 0.3) is 0 Å². The predicted molar refractivity (Wildman–Crippen MR) is 69.1 cm³/mol. The van der Waals surface area contributed by atoms with Crippen molar-refractivity contribution in [2.75, 3.05) is 13.7 Å². The van der Waals surface area contributed by atoms with Crippen LogP contribution in [0.2, 0.25) is 0 Å². The molecule has 18 heavy (non-hydrogen) atoms. The molecular weight excluding hydrogens is 228 g/mol. The highest BCUT2D eigenvalue weighted by Gasteiger charge is 2.28. The van der Waals surface area contributed by atoms with Crippen LogP contribution < -0.4 is 5.32 Å². The Kier molecular flexibility index (Phi) is 4.70. The van der Waals surface area contributed by atoms with Gasteiger partial charge in [0.1, 0.15) is 0 Å². The largest absolute Gasteiger partial charge is 0.384 e. The Morgan fingerprint density at radius 1 is 1.56 bits per heavy atom. The molecule has 1 saturated carbocycles. The first-order chi connectivity index (χ1) is 8.79. The number of carbonyl (C=O) groups is 1. The first-order valence-electron chi connectivity index (χ1n) is 6.47. The minimum Gasteiger partial charge on any atom is -0.384 e. The molecule has 0 spiro atoms. The zero-order chi connectivity index (χ0) is 12.8. The molecule has 1 aromatic rings. The molecule has 0 unspecified atom stereocenters. The Morgan fingerprint density at radius 2 is 2.44 bits per heavy atom. The number of amides is 1. The maximum atomic E-state index is 11.9. The number of nitrogens with zero attached hydrogens (tertiary/aromatic N) is 1. The number of pyridine rings is 1. The predicted octanol–water partition coefficient (Wildman–Crippen LogP) is 1.56. The van der Waals surface area contributed by atoms with Crippen LogP contribution in [0.4, 0.5) is 0 Å². The first kappa shape index (κ1) is 13.0. The van der Waals surface area contributed by atoms with Crippen molar-refractivity contribution in [2.24, 2.45) is 5.92 Å². The van der Waals surface area contributed by atoms with Crippen molar-refractivity contribution in [3.63, 3.8) is 0 Å². The summed E-state index contributed by atoms with van der Waals surface area (Å²) in [6.07, 6.45) is 7.24. The molecule has 1 fully saturated rings. The smallest absolute Gasteiger partial charge is 0.224 e. The third-order valence-corrected chi connectivity index (χ3v) is 3.47. The molecule has 98 valence electrons. The minimum absolute atomic E-state index is 0.0796. The van der Waals surface area contributed by atoms with Gasteiger partial charge in [-0.3, -0.25) is 9.78 Å². The molecule has 1 N–H and O–H groups in total. The van der Waals surface area contributed by atoms with Gasteiger partial charge in [-0.1, -0.05) is 12.5 Å². The highest BCUT2D eigenvalue weighted by atomic mass is 16.5. The molecule has 0 bridgehead atoms. The van der Waals surface area contributed by atoms with Gasteiger partial charge in [0.05, 0.1) is 13.0 Å². The zero-order valence-corrected chi connectivity index (χ0v) is 10.8. The summed E-state index contributed by atoms with van der Waals surface area (Å²) < 4.78 is 5.19. The highest BCUT2D eigenvalue weighted by Crippen LogP contribution is 2.25. The Hall–Kier alpha value is -1.42. The highest BCUT2D eigenvalue weighted by molar-refractivity contribution is 5.78. The zero-order valence-electron chi connectivity index (χ0n) is 10.8. The summed E-state index contributed by atoms with van der Waals surface area (Å²) in [6, 6.07) is 4.05. The van der Waals surface area contributed by atoms with Crippen LogP contribution in [0.3, 0.4) is 0 Å². The molecule has 1 amide bonds. The number of ether oxygens (including phenoxy) is 1. The van der Waals surface area contributed by atoms with Gasteiger partial charge >= 0.3 is 0 Å². The van der Waals surface area contributed by atoms with Gasteiger partial charge in [0.2, 0.25) is 5.91 Å². The van der Waals surface area contributed by atoms with E-state index in [1.807, 2.05) is 12.1 Å². The van der Waals surface area contributed by atoms with Gasteiger partial charge in [-0.2, -0.15) is 0 Å². The van der Waals surface area contributed by atoms with E-state index in [2.05, 4.69) is 10.3 Å². The molecule has 4 heteroatoms. The van der Waals surface area contributed by atoms with Crippen molar-refractivity contribution in [1.29, 1.82) is 0 Å². The number of hydrogen-bond donors (Lipinski definition) is 1. The second kappa shape index (κ2) is 6.50. The lowest BCUT2D eigenvalue weighted by atomic mass is 10.0. The van der Waals surface area contributed by atoms with E-state index in [1.54, 1.807) is 19.5 Å². The second-order valence-corrected chi connectivity index (χ2v) is 4.86. The van der Waals surface area contributed by atoms with Crippen LogP contribution in [-0.2, 0) is 16.0 Å². The fourth-order valence-corrected chi connectivity index (χ4v) is 2.59. The van der Waals surface area contributed by atoms with E-state index >= 15 is 0 Å². The molecule has 0 aliphatic heterocycles. The molecule has 0 aromatic carbocycles. The summed E-state index contributed by atoms with van der Waals surface area (Å²) in [4.78, 5) is 16.0. The fraction of sp³-hybridized carbons (Fsp3) is 0.571. The molecule has 1 aliphatic carbocycles. The van der Waals surface area contributed by atoms with Crippen molar-refractivity contribution in [3.05, 3.63) is 30.1 Å². The number of carbonyl (C=O) groups excluding carboxylic acids is 1. The van der Waals surface area contributed by atoms with Crippen LogP contribution in [-0.4, -0.2) is 30.6 Å². The molecule has 1 aromatic heterocycles. The third kappa shape index (κ3) is 3.53. The topological polar surface area (TPSA) is 51.2 Å². The third-order valence-electron chi connectivity index (χ3n) is 3.47. The standard InChI is InChI=1S/C14H20N2O2/c1-18-10-12-5-2-6-13(12)16-14(17)8-11-4-3-7-15-9-11/h3-4,7,9,12-13H,2,5-6,8,10H2,1H3,(H,16,17)/t12-,13-/m0/s1. The van der Waals surface area contributed by atoms with Gasteiger partial charge in [0, 0.05) is 31.5 Å². The molecule has 0 radical (unpaired) electrons. The van der Waals surface area contributed by atoms with Crippen molar-refractivity contribution >= 4 is 5.91 Å². The summed E-state index contributed by atoms with van der Waals surface area (Å²) in [6.45, 7) is 0.734. The van der Waals surface area contributed by atoms with Crippen LogP contribution in [0.1, 0.15) is 24.8 Å². The molecular formula is C14H20N2O2. The monoisotopic (exact) mass is 248 g/mol. The minimum atomic E-state index is 0.0796. The fourth-order valence-electron chi connectivity index (χ4n) is 2.59. The van der Waals surface area contributed by atoms with Gasteiger partial charge in [0.15, 0.2) is 0 Å². The van der Waals surface area contributed by atoms with Gasteiger partial charge in [-0.15, -0.1) is 0 Å². The first-order valence-corrected chi connectivity index (χ1v) is 6.47. The number of hydrogen-bond acceptors (Lipinski definition) is 3. The average molecular weight is 248 g/mol. The quantitative estimate of drug-likeness (QED) is 0.860. The number of aromatic nitrogens is 1. The lowest BCUT2D eigenvalue weighted by Crippen LogP contribution is -2.39. The Balaban J connectivity index is 1.84. The number of methoxy groups -OCH3 is 1. The second-order valence-electron chi connectivity index (χ2n) is 4.86. The van der Waals surface area contributed by atoms with Gasteiger partial charge in [-0.25, -0.2) is 0 Å². The lowest BCUT2D eigenvalue weighted by molar-refractivity contribution is -0.121. The molecule has 2 atom stereocenters. The SMILES string of the molecule is COC[C@@H]1CCC[C@@H]1NC(=O)Cc1cccnc1. The molecule has 1 aliphatic rings. The maximum Gasteiger partial charge on any atom is 0.224 e. The maximum absolute atomic E-state index is 11.9. The molecule has 0 saturated heterocycles. The summed E-state index contributed by atoms with van der Waals surface area (Å²) in [5, 5.41) is 3.12. The van der Waals surface area contributed by atoms with Crippen LogP contribution in [0.15, 0.2) is 24.5 Å². The summed E-state index contributed by atoms with van der Waals surface area (Å²) in [7, 11) is 1.72. The number of nitrogens with one attached hydrogen (secondary N) is 1. The van der Waals surface area contributed by atoms with Gasteiger partial charge < -0.3 is 10.1 Å². The molecule has 1 heterocycles. The van der Waals surface area contributed by atoms with Crippen molar-refractivity contribution < 1.29 is 9.53 Å². The van der Waals surface area contributed by atoms with E-state index in [-0.39, 0.29) is 11.9 Å². The van der Waals surface area contributed by atoms with E-state index in [4.69, 9.17) is 4.74 Å². The average Bonchev–Trinajstić information content (AvgIpc) is 2.78. The Labute approximate surface area is 108 Å². The van der Waals surface area contributed by atoms with E-state index in [9.17, 15) is 4.79 Å². The molecule has 4 nitrogen and oxygen atoms in total. The van der Waals surface area contributed by atoms with E-state index < -0.39 is 0 Å². The molecule has 2 rings (SSSR count). The summed E-state index contributed by atoms with van der Waals surface area (Å²) >= 11 is 0.